The summed E-state index contributed by atoms with van der Waals surface area (Å²) in [5.41, 5.74) is 5.21. The number of hydrogen-bond donors (Lipinski definition) is 2. The molecule has 1 unspecified atom stereocenters. The lowest BCUT2D eigenvalue weighted by Crippen LogP contribution is -2.38. The fraction of sp³-hybridized carbons (Fsp3) is 0.889. The lowest BCUT2D eigenvalue weighted by atomic mass is 9.87. The predicted octanol–water partition coefficient (Wildman–Crippen LogP) is 0.538. The second-order valence-corrected chi connectivity index (χ2v) is 4.10. The van der Waals surface area contributed by atoms with Gasteiger partial charge in [-0.1, -0.05) is 20.8 Å². The maximum absolute atomic E-state index is 11.5. The number of carbonyl (C=O) groups excluding carboxylic acids is 1. The van der Waals surface area contributed by atoms with Crippen molar-refractivity contribution in [3.8, 4) is 0 Å². The van der Waals surface area contributed by atoms with Gasteiger partial charge in [-0.05, 0) is 7.05 Å². The molecule has 0 aromatic carbocycles. The topological polar surface area (TPSA) is 55.1 Å². The number of ketones is 1. The zero-order chi connectivity index (χ0) is 9.78. The molecular formula is C9H20N2O. The Kier molecular flexibility index (Phi) is 4.42. The fourth-order valence-corrected chi connectivity index (χ4v) is 0.833. The van der Waals surface area contributed by atoms with Crippen LogP contribution in [0, 0.1) is 5.41 Å². The molecule has 12 heavy (non-hydrogen) atoms. The Balaban J connectivity index is 3.99. The van der Waals surface area contributed by atoms with E-state index in [0.29, 0.717) is 13.0 Å². The molecule has 0 aliphatic rings. The zero-order valence-corrected chi connectivity index (χ0v) is 8.48. The van der Waals surface area contributed by atoms with Gasteiger partial charge in [-0.25, -0.2) is 0 Å². The van der Waals surface area contributed by atoms with E-state index >= 15 is 0 Å². The van der Waals surface area contributed by atoms with Gasteiger partial charge in [0.15, 0.2) is 0 Å². The molecule has 3 N–H and O–H groups in total. The quantitative estimate of drug-likeness (QED) is 0.650. The molecule has 0 saturated heterocycles. The van der Waals surface area contributed by atoms with Gasteiger partial charge in [0.2, 0.25) is 0 Å². The van der Waals surface area contributed by atoms with Crippen molar-refractivity contribution in [1.29, 1.82) is 0 Å². The molecule has 0 rings (SSSR count). The van der Waals surface area contributed by atoms with Crippen LogP contribution >= 0.6 is 0 Å². The molecule has 0 spiro atoms. The number of likely N-dealkylation sites (N-methyl/N-ethyl adjacent to an activating group) is 1. The Morgan fingerprint density at radius 2 is 2.00 bits per heavy atom. The summed E-state index contributed by atoms with van der Waals surface area (Å²) in [5.74, 6) is 0.257. The second kappa shape index (κ2) is 4.58. The Labute approximate surface area is 74.7 Å². The summed E-state index contributed by atoms with van der Waals surface area (Å²) in [4.78, 5) is 11.5. The molecule has 0 saturated carbocycles. The number of nitrogens with one attached hydrogen (secondary N) is 1. The molecule has 72 valence electrons. The maximum Gasteiger partial charge on any atom is 0.139 e. The van der Waals surface area contributed by atoms with E-state index in [1.807, 2.05) is 27.8 Å². The lowest BCUT2D eigenvalue weighted by Gasteiger charge is -2.20. The lowest BCUT2D eigenvalue weighted by molar-refractivity contribution is -0.126. The summed E-state index contributed by atoms with van der Waals surface area (Å²) >= 11 is 0. The molecule has 0 fully saturated rings. The van der Waals surface area contributed by atoms with E-state index in [9.17, 15) is 4.79 Å². The molecule has 0 bridgehead atoms. The number of carbonyl (C=O) groups is 1. The van der Waals surface area contributed by atoms with E-state index in [4.69, 9.17) is 5.73 Å². The van der Waals surface area contributed by atoms with Crippen LogP contribution in [-0.2, 0) is 4.79 Å². The average molecular weight is 172 g/mol. The highest BCUT2D eigenvalue weighted by molar-refractivity contribution is 5.84. The van der Waals surface area contributed by atoms with Gasteiger partial charge < -0.3 is 11.1 Å². The van der Waals surface area contributed by atoms with E-state index in [2.05, 4.69) is 5.32 Å². The second-order valence-electron chi connectivity index (χ2n) is 4.10. The Morgan fingerprint density at radius 1 is 1.50 bits per heavy atom. The van der Waals surface area contributed by atoms with Crippen LogP contribution in [0.2, 0.25) is 0 Å². The smallest absolute Gasteiger partial charge is 0.139 e. The third-order valence-electron chi connectivity index (χ3n) is 1.96. The summed E-state index contributed by atoms with van der Waals surface area (Å²) in [5, 5.41) is 3.01. The predicted molar refractivity (Wildman–Crippen MR) is 51.0 cm³/mol. The third-order valence-corrected chi connectivity index (χ3v) is 1.96. The van der Waals surface area contributed by atoms with E-state index in [-0.39, 0.29) is 17.2 Å². The molecule has 0 amide bonds. The molecule has 0 heterocycles. The van der Waals surface area contributed by atoms with Crippen molar-refractivity contribution >= 4 is 5.78 Å². The van der Waals surface area contributed by atoms with Gasteiger partial charge in [0.1, 0.15) is 5.78 Å². The zero-order valence-electron chi connectivity index (χ0n) is 8.48. The molecule has 1 atom stereocenters. The summed E-state index contributed by atoms with van der Waals surface area (Å²) < 4.78 is 0. The highest BCUT2D eigenvalue weighted by atomic mass is 16.1. The van der Waals surface area contributed by atoms with Crippen molar-refractivity contribution < 1.29 is 4.79 Å². The van der Waals surface area contributed by atoms with Crippen LogP contribution in [0.15, 0.2) is 0 Å². The van der Waals surface area contributed by atoms with Crippen LogP contribution in [0.4, 0.5) is 0 Å². The van der Waals surface area contributed by atoms with Crippen LogP contribution in [0.1, 0.15) is 27.2 Å². The number of Topliss-reactive ketones (excluding diaryl/α,β-unsaturated/α-hetero) is 1. The molecule has 0 aliphatic heterocycles. The van der Waals surface area contributed by atoms with E-state index in [1.165, 1.54) is 0 Å². The maximum atomic E-state index is 11.5. The normalized spacial score (nSPS) is 14.4. The van der Waals surface area contributed by atoms with E-state index < -0.39 is 0 Å². The SMILES string of the molecule is CNC(CN)CC(=O)C(C)(C)C. The largest absolute Gasteiger partial charge is 0.329 e. The van der Waals surface area contributed by atoms with Crippen molar-refractivity contribution in [3.63, 3.8) is 0 Å². The van der Waals surface area contributed by atoms with Crippen LogP contribution in [-0.4, -0.2) is 25.4 Å². The van der Waals surface area contributed by atoms with Gasteiger partial charge in [-0.15, -0.1) is 0 Å². The molecule has 0 aromatic heterocycles. The third kappa shape index (κ3) is 3.83. The van der Waals surface area contributed by atoms with Crippen LogP contribution in [0.5, 0.6) is 0 Å². The minimum Gasteiger partial charge on any atom is -0.329 e. The minimum absolute atomic E-state index is 0.122. The van der Waals surface area contributed by atoms with Crippen molar-refractivity contribution in [2.45, 2.75) is 33.2 Å². The van der Waals surface area contributed by atoms with Crippen LogP contribution < -0.4 is 11.1 Å². The first-order chi connectivity index (χ1) is 5.41. The van der Waals surface area contributed by atoms with Gasteiger partial charge in [-0.3, -0.25) is 4.79 Å². The van der Waals surface area contributed by atoms with Crippen molar-refractivity contribution in [3.05, 3.63) is 0 Å². The highest BCUT2D eigenvalue weighted by Crippen LogP contribution is 2.17. The van der Waals surface area contributed by atoms with Gasteiger partial charge >= 0.3 is 0 Å². The molecular weight excluding hydrogens is 152 g/mol. The number of nitrogens with two attached hydrogens (primary N) is 1. The van der Waals surface area contributed by atoms with E-state index in [1.54, 1.807) is 0 Å². The highest BCUT2D eigenvalue weighted by Gasteiger charge is 2.23. The monoisotopic (exact) mass is 172 g/mol. The van der Waals surface area contributed by atoms with Gasteiger partial charge in [-0.2, -0.15) is 0 Å². The molecule has 3 nitrogen and oxygen atoms in total. The minimum atomic E-state index is -0.246. The van der Waals surface area contributed by atoms with Gasteiger partial charge in [0.25, 0.3) is 0 Å². The molecule has 0 aromatic rings. The number of hydrogen-bond acceptors (Lipinski definition) is 3. The Bertz CT molecular complexity index is 145. The molecule has 0 radical (unpaired) electrons. The summed E-state index contributed by atoms with van der Waals surface area (Å²) in [6.07, 6.45) is 0.524. The van der Waals surface area contributed by atoms with Crippen molar-refractivity contribution in [2.75, 3.05) is 13.6 Å². The Hall–Kier alpha value is -0.410. The Morgan fingerprint density at radius 3 is 2.25 bits per heavy atom. The summed E-state index contributed by atoms with van der Waals surface area (Å²) in [6, 6.07) is 0.122. The van der Waals surface area contributed by atoms with Crippen molar-refractivity contribution in [2.24, 2.45) is 11.1 Å². The average Bonchev–Trinajstić information content (AvgIpc) is 1.97. The first kappa shape index (κ1) is 11.6. The molecule has 3 heteroatoms. The first-order valence-corrected chi connectivity index (χ1v) is 4.32. The first-order valence-electron chi connectivity index (χ1n) is 4.32. The van der Waals surface area contributed by atoms with Crippen LogP contribution in [0.3, 0.4) is 0 Å². The summed E-state index contributed by atoms with van der Waals surface area (Å²) in [6.45, 7) is 6.30. The van der Waals surface area contributed by atoms with Crippen LogP contribution in [0.25, 0.3) is 0 Å². The fourth-order valence-electron chi connectivity index (χ4n) is 0.833. The summed E-state index contributed by atoms with van der Waals surface area (Å²) in [7, 11) is 1.83. The van der Waals surface area contributed by atoms with E-state index in [0.717, 1.165) is 0 Å². The van der Waals surface area contributed by atoms with Gasteiger partial charge in [0, 0.05) is 24.4 Å². The number of rotatable bonds is 4. The van der Waals surface area contributed by atoms with Crippen molar-refractivity contribution in [1.82, 2.24) is 5.32 Å². The standard InChI is InChI=1S/C9H20N2O/c1-9(2,3)8(12)5-7(6-10)11-4/h7,11H,5-6,10H2,1-4H3. The van der Waals surface area contributed by atoms with Gasteiger partial charge in [0.05, 0.1) is 0 Å². The molecule has 0 aliphatic carbocycles.